The molecule has 1 atom stereocenters. The summed E-state index contributed by atoms with van der Waals surface area (Å²) in [6.07, 6.45) is 2.89. The van der Waals surface area contributed by atoms with Gasteiger partial charge in [-0.2, -0.15) is 0 Å². The molecule has 5 rings (SSSR count). The zero-order chi connectivity index (χ0) is 17.2. The van der Waals surface area contributed by atoms with Gasteiger partial charge >= 0.3 is 0 Å². The number of carbonyl (C=O) groups is 1. The first-order valence-corrected chi connectivity index (χ1v) is 9.30. The topological polar surface area (TPSA) is 29.5 Å². The minimum absolute atomic E-state index is 0. The predicted octanol–water partition coefficient (Wildman–Crippen LogP) is 4.60. The van der Waals surface area contributed by atoms with Gasteiger partial charge in [-0.05, 0) is 61.7 Å². The fraction of sp³-hybridized carbons (Fsp3) is 0.381. The van der Waals surface area contributed by atoms with E-state index in [-0.39, 0.29) is 18.2 Å². The van der Waals surface area contributed by atoms with E-state index in [9.17, 15) is 4.79 Å². The minimum Gasteiger partial charge on any atom is -0.372 e. The summed E-state index contributed by atoms with van der Waals surface area (Å²) in [5.74, 6) is 0.734. The summed E-state index contributed by atoms with van der Waals surface area (Å²) in [5, 5.41) is 0.636. The smallest absolute Gasteiger partial charge is 0.193 e. The summed E-state index contributed by atoms with van der Waals surface area (Å²) in [6.45, 7) is 4.14. The molecule has 5 heteroatoms. The van der Waals surface area contributed by atoms with Crippen molar-refractivity contribution in [2.45, 2.75) is 25.6 Å². The monoisotopic (exact) mass is 391 g/mol. The molecule has 0 amide bonds. The predicted molar refractivity (Wildman–Crippen MR) is 106 cm³/mol. The molecule has 0 saturated carbocycles. The van der Waals surface area contributed by atoms with Crippen molar-refractivity contribution in [1.82, 2.24) is 4.90 Å². The van der Waals surface area contributed by atoms with Crippen molar-refractivity contribution in [3.8, 4) is 0 Å². The Labute approximate surface area is 165 Å². The van der Waals surface area contributed by atoms with Gasteiger partial charge in [0.15, 0.2) is 5.78 Å². The zero-order valence-corrected chi connectivity index (χ0v) is 16.1. The molecule has 0 radical (unpaired) electrons. The van der Waals surface area contributed by atoms with Crippen LogP contribution < -0.4 is 0 Å². The fourth-order valence-electron chi connectivity index (χ4n) is 3.82. The average Bonchev–Trinajstić information content (AvgIpc) is 2.68. The van der Waals surface area contributed by atoms with Gasteiger partial charge in [-0.3, -0.25) is 4.79 Å². The number of halogens is 2. The van der Waals surface area contributed by atoms with Crippen LogP contribution in [-0.4, -0.2) is 36.4 Å². The number of hydrogen-bond donors (Lipinski definition) is 0. The molecule has 1 unspecified atom stereocenters. The quantitative estimate of drug-likeness (QED) is 0.697. The van der Waals surface area contributed by atoms with E-state index in [1.54, 1.807) is 24.3 Å². The Hall–Kier alpha value is -1.39. The van der Waals surface area contributed by atoms with E-state index in [1.165, 1.54) is 25.9 Å². The Morgan fingerprint density at radius 1 is 1.00 bits per heavy atom. The Kier molecular flexibility index (Phi) is 6.36. The van der Waals surface area contributed by atoms with Gasteiger partial charge in [0.2, 0.25) is 0 Å². The summed E-state index contributed by atoms with van der Waals surface area (Å²) in [4.78, 5) is 15.0. The summed E-state index contributed by atoms with van der Waals surface area (Å²) >= 11 is 5.88. The number of ether oxygens (including phenoxy) is 1. The van der Waals surface area contributed by atoms with Crippen LogP contribution in [0.25, 0.3) is 0 Å². The highest BCUT2D eigenvalue weighted by Gasteiger charge is 2.34. The van der Waals surface area contributed by atoms with E-state index in [1.807, 2.05) is 24.3 Å². The zero-order valence-electron chi connectivity index (χ0n) is 14.6. The SMILES string of the molecule is Cl.O=C(c1ccc(Cl)cc1)c1ccc(COC2CN3CCC2CC3)cc1. The van der Waals surface area contributed by atoms with Crippen molar-refractivity contribution < 1.29 is 9.53 Å². The fourth-order valence-corrected chi connectivity index (χ4v) is 3.95. The van der Waals surface area contributed by atoms with Gasteiger partial charge in [0.05, 0.1) is 12.7 Å². The molecule has 2 bridgehead atoms. The number of ketones is 1. The highest BCUT2D eigenvalue weighted by atomic mass is 35.5. The van der Waals surface area contributed by atoms with Crippen LogP contribution in [0.1, 0.15) is 34.3 Å². The Bertz CT molecular complexity index is 738. The van der Waals surface area contributed by atoms with E-state index < -0.39 is 0 Å². The Morgan fingerprint density at radius 2 is 1.58 bits per heavy atom. The van der Waals surface area contributed by atoms with Crippen LogP contribution in [0.2, 0.25) is 5.02 Å². The van der Waals surface area contributed by atoms with Gasteiger partial charge in [-0.1, -0.05) is 35.9 Å². The molecule has 3 saturated heterocycles. The van der Waals surface area contributed by atoms with Crippen molar-refractivity contribution in [2.24, 2.45) is 5.92 Å². The molecule has 3 aliphatic heterocycles. The molecule has 0 aromatic heterocycles. The van der Waals surface area contributed by atoms with Crippen LogP contribution in [0.3, 0.4) is 0 Å². The molecular weight excluding hydrogens is 369 g/mol. The van der Waals surface area contributed by atoms with Crippen LogP contribution in [0, 0.1) is 5.92 Å². The van der Waals surface area contributed by atoms with E-state index in [4.69, 9.17) is 16.3 Å². The normalized spacial score (nSPS) is 24.1. The molecule has 26 heavy (non-hydrogen) atoms. The van der Waals surface area contributed by atoms with E-state index in [0.717, 1.165) is 18.0 Å². The summed E-state index contributed by atoms with van der Waals surface area (Å²) in [6, 6.07) is 14.7. The van der Waals surface area contributed by atoms with E-state index >= 15 is 0 Å². The van der Waals surface area contributed by atoms with Gasteiger partial charge in [0, 0.05) is 22.7 Å². The van der Waals surface area contributed by atoms with Crippen molar-refractivity contribution in [3.63, 3.8) is 0 Å². The number of hydrogen-bond acceptors (Lipinski definition) is 3. The van der Waals surface area contributed by atoms with Crippen molar-refractivity contribution in [2.75, 3.05) is 19.6 Å². The molecule has 2 aromatic carbocycles. The van der Waals surface area contributed by atoms with Crippen molar-refractivity contribution in [3.05, 3.63) is 70.2 Å². The molecule has 3 nitrogen and oxygen atoms in total. The molecule has 0 N–H and O–H groups in total. The largest absolute Gasteiger partial charge is 0.372 e. The highest BCUT2D eigenvalue weighted by molar-refractivity contribution is 6.30. The van der Waals surface area contributed by atoms with E-state index in [0.29, 0.717) is 28.9 Å². The molecule has 3 fully saturated rings. The number of carbonyl (C=O) groups excluding carboxylic acids is 1. The first-order valence-electron chi connectivity index (χ1n) is 8.92. The maximum Gasteiger partial charge on any atom is 0.193 e. The van der Waals surface area contributed by atoms with Crippen LogP contribution in [-0.2, 0) is 11.3 Å². The lowest BCUT2D eigenvalue weighted by Crippen LogP contribution is -2.51. The Morgan fingerprint density at radius 3 is 2.12 bits per heavy atom. The van der Waals surface area contributed by atoms with Gasteiger partial charge in [0.25, 0.3) is 0 Å². The number of nitrogens with zero attached hydrogens (tertiary/aromatic N) is 1. The third-order valence-electron chi connectivity index (χ3n) is 5.38. The minimum atomic E-state index is 0. The maximum atomic E-state index is 12.5. The maximum absolute atomic E-state index is 12.5. The first-order chi connectivity index (χ1) is 12.2. The van der Waals surface area contributed by atoms with E-state index in [2.05, 4.69) is 4.90 Å². The van der Waals surface area contributed by atoms with Crippen molar-refractivity contribution in [1.29, 1.82) is 0 Å². The second-order valence-corrected chi connectivity index (χ2v) is 7.46. The average molecular weight is 392 g/mol. The standard InChI is InChI=1S/C21H22ClNO2.ClH/c22-19-7-5-18(6-8-19)21(24)17-3-1-15(2-4-17)14-25-20-13-23-11-9-16(20)10-12-23;/h1-8,16,20H,9-14H2;1H. The Balaban J connectivity index is 0.00000196. The van der Waals surface area contributed by atoms with Crippen LogP contribution in [0.5, 0.6) is 0 Å². The summed E-state index contributed by atoms with van der Waals surface area (Å²) < 4.78 is 6.16. The molecule has 0 aliphatic carbocycles. The third kappa shape index (κ3) is 4.29. The van der Waals surface area contributed by atoms with Crippen LogP contribution in [0.4, 0.5) is 0 Å². The summed E-state index contributed by atoms with van der Waals surface area (Å²) in [5.41, 5.74) is 2.46. The van der Waals surface area contributed by atoms with Gasteiger partial charge in [-0.25, -0.2) is 0 Å². The van der Waals surface area contributed by atoms with Gasteiger partial charge in [-0.15, -0.1) is 12.4 Å². The van der Waals surface area contributed by atoms with Crippen LogP contribution >= 0.6 is 24.0 Å². The lowest BCUT2D eigenvalue weighted by Gasteiger charge is -2.44. The molecule has 3 heterocycles. The lowest BCUT2D eigenvalue weighted by molar-refractivity contribution is -0.0765. The second-order valence-electron chi connectivity index (χ2n) is 7.02. The van der Waals surface area contributed by atoms with Crippen molar-refractivity contribution >= 4 is 29.8 Å². The molecular formula is C21H23Cl2NO2. The molecule has 0 spiro atoms. The van der Waals surface area contributed by atoms with Gasteiger partial charge in [0.1, 0.15) is 0 Å². The lowest BCUT2D eigenvalue weighted by atomic mass is 9.86. The van der Waals surface area contributed by atoms with Crippen LogP contribution in [0.15, 0.2) is 48.5 Å². The molecule has 3 aliphatic rings. The number of benzene rings is 2. The highest BCUT2D eigenvalue weighted by Crippen LogP contribution is 2.30. The number of rotatable bonds is 5. The third-order valence-corrected chi connectivity index (χ3v) is 5.63. The number of piperidine rings is 3. The first kappa shape index (κ1) is 19.4. The summed E-state index contributed by atoms with van der Waals surface area (Å²) in [7, 11) is 0. The number of fused-ring (bicyclic) bond motifs is 3. The molecule has 2 aromatic rings. The molecule has 138 valence electrons. The second kappa shape index (κ2) is 8.53. The van der Waals surface area contributed by atoms with Gasteiger partial charge < -0.3 is 9.64 Å².